The van der Waals surface area contributed by atoms with Crippen LogP contribution in [0.4, 0.5) is 13.2 Å². The van der Waals surface area contributed by atoms with E-state index >= 15 is 0 Å². The maximum Gasteiger partial charge on any atom is 0.411 e. The Labute approximate surface area is 151 Å². The van der Waals surface area contributed by atoms with Crippen LogP contribution in [0.2, 0.25) is 0 Å². The summed E-state index contributed by atoms with van der Waals surface area (Å²) in [6.45, 7) is -0.954. The molecule has 1 aromatic rings. The highest BCUT2D eigenvalue weighted by Gasteiger charge is 2.27. The fourth-order valence-corrected chi connectivity index (χ4v) is 2.87. The topological polar surface area (TPSA) is 64.4 Å². The minimum absolute atomic E-state index is 0. The Balaban J connectivity index is 0.00000312. The van der Waals surface area contributed by atoms with E-state index in [1.165, 1.54) is 0 Å². The zero-order chi connectivity index (χ0) is 17.6. The van der Waals surface area contributed by atoms with Gasteiger partial charge in [0.25, 0.3) is 0 Å². The van der Waals surface area contributed by atoms with Crippen LogP contribution in [-0.2, 0) is 22.7 Å². The van der Waals surface area contributed by atoms with E-state index in [0.717, 1.165) is 24.8 Å². The lowest BCUT2D eigenvalue weighted by molar-refractivity contribution is -0.176. The molecule has 0 unspecified atom stereocenters. The molecule has 0 radical (unpaired) electrons. The average Bonchev–Trinajstić information content (AvgIpc) is 2.90. The molecule has 4 nitrogen and oxygen atoms in total. The van der Waals surface area contributed by atoms with Gasteiger partial charge >= 0.3 is 6.18 Å². The molecule has 3 N–H and O–H groups in total. The summed E-state index contributed by atoms with van der Waals surface area (Å²) in [6, 6.07) is 7.06. The van der Waals surface area contributed by atoms with Crippen LogP contribution in [0.3, 0.4) is 0 Å². The molecule has 142 valence electrons. The van der Waals surface area contributed by atoms with E-state index < -0.39 is 12.8 Å². The first-order valence-electron chi connectivity index (χ1n) is 8.08. The van der Waals surface area contributed by atoms with Crippen molar-refractivity contribution in [3.63, 3.8) is 0 Å². The van der Waals surface area contributed by atoms with Crippen LogP contribution in [0, 0.1) is 5.92 Å². The molecule has 0 aliphatic heterocycles. The molecule has 1 aliphatic rings. The second-order valence-corrected chi connectivity index (χ2v) is 6.26. The highest BCUT2D eigenvalue weighted by Crippen LogP contribution is 2.26. The van der Waals surface area contributed by atoms with Crippen LogP contribution in [0.25, 0.3) is 0 Å². The first-order valence-corrected chi connectivity index (χ1v) is 8.08. The smallest absolute Gasteiger partial charge is 0.367 e. The van der Waals surface area contributed by atoms with E-state index in [2.05, 4.69) is 10.1 Å². The van der Waals surface area contributed by atoms with E-state index in [9.17, 15) is 18.0 Å². The Morgan fingerprint density at radius 2 is 1.84 bits per heavy atom. The van der Waals surface area contributed by atoms with E-state index in [4.69, 9.17) is 5.73 Å². The molecule has 0 bridgehead atoms. The number of nitrogens with one attached hydrogen (secondary N) is 1. The van der Waals surface area contributed by atoms with Gasteiger partial charge in [0, 0.05) is 19.0 Å². The third-order valence-corrected chi connectivity index (χ3v) is 4.21. The molecule has 1 saturated carbocycles. The minimum atomic E-state index is -4.31. The SMILES string of the molecule is Cl.N[C@@H]1CCC[C@H]1CC(=O)NCc1ccc(COCC(F)(F)F)cc1. The summed E-state index contributed by atoms with van der Waals surface area (Å²) in [5.74, 6) is 0.244. The van der Waals surface area contributed by atoms with Crippen molar-refractivity contribution in [2.75, 3.05) is 6.61 Å². The number of hydrogen-bond acceptors (Lipinski definition) is 3. The average molecular weight is 381 g/mol. The Morgan fingerprint density at radius 1 is 1.20 bits per heavy atom. The van der Waals surface area contributed by atoms with Crippen molar-refractivity contribution in [3.8, 4) is 0 Å². The van der Waals surface area contributed by atoms with Gasteiger partial charge in [0.05, 0.1) is 6.61 Å². The highest BCUT2D eigenvalue weighted by atomic mass is 35.5. The van der Waals surface area contributed by atoms with Crippen molar-refractivity contribution in [2.24, 2.45) is 11.7 Å². The fourth-order valence-electron chi connectivity index (χ4n) is 2.87. The number of ether oxygens (including phenoxy) is 1. The number of amides is 1. The first-order chi connectivity index (χ1) is 11.3. The standard InChI is InChI=1S/C17H23F3N2O2.ClH/c18-17(19,20)11-24-10-13-6-4-12(5-7-13)9-22-16(23)8-14-2-1-3-15(14)21;/h4-7,14-15H,1-3,8-11,21H2,(H,22,23);1H/t14-,15+;/m0./s1. The summed E-state index contributed by atoms with van der Waals surface area (Å²) >= 11 is 0. The Morgan fingerprint density at radius 3 is 2.40 bits per heavy atom. The zero-order valence-corrected chi connectivity index (χ0v) is 14.7. The van der Waals surface area contributed by atoms with Crippen molar-refractivity contribution in [3.05, 3.63) is 35.4 Å². The van der Waals surface area contributed by atoms with Gasteiger partial charge in [0.15, 0.2) is 0 Å². The van der Waals surface area contributed by atoms with Gasteiger partial charge in [-0.3, -0.25) is 4.79 Å². The summed E-state index contributed by atoms with van der Waals surface area (Å²) in [4.78, 5) is 11.9. The molecule has 1 aromatic carbocycles. The van der Waals surface area contributed by atoms with Crippen LogP contribution >= 0.6 is 12.4 Å². The fraction of sp³-hybridized carbons (Fsp3) is 0.588. The number of carbonyl (C=O) groups excluding carboxylic acids is 1. The first kappa shape index (κ1) is 21.7. The molecule has 0 heterocycles. The summed E-state index contributed by atoms with van der Waals surface area (Å²) in [5.41, 5.74) is 7.50. The molecular formula is C17H24ClF3N2O2. The number of halogens is 4. The third-order valence-electron chi connectivity index (χ3n) is 4.21. The second-order valence-electron chi connectivity index (χ2n) is 6.26. The molecule has 1 aliphatic carbocycles. The molecule has 1 amide bonds. The predicted molar refractivity (Wildman–Crippen MR) is 91.2 cm³/mol. The van der Waals surface area contributed by atoms with E-state index in [0.29, 0.717) is 18.5 Å². The lowest BCUT2D eigenvalue weighted by Crippen LogP contribution is -2.31. The molecule has 0 aromatic heterocycles. The van der Waals surface area contributed by atoms with E-state index in [-0.39, 0.29) is 36.9 Å². The molecule has 2 rings (SSSR count). The van der Waals surface area contributed by atoms with Crippen LogP contribution in [0.15, 0.2) is 24.3 Å². The van der Waals surface area contributed by atoms with Gasteiger partial charge in [-0.05, 0) is 29.9 Å². The van der Waals surface area contributed by atoms with Crippen LogP contribution in [-0.4, -0.2) is 24.7 Å². The number of nitrogens with two attached hydrogens (primary N) is 1. The maximum atomic E-state index is 12.0. The molecule has 2 atom stereocenters. The van der Waals surface area contributed by atoms with Crippen molar-refractivity contribution in [2.45, 2.75) is 51.1 Å². The Hall–Kier alpha value is -1.31. The molecule has 8 heteroatoms. The number of benzene rings is 1. The second kappa shape index (κ2) is 9.99. The number of rotatable bonds is 7. The highest BCUT2D eigenvalue weighted by molar-refractivity contribution is 5.85. The van der Waals surface area contributed by atoms with E-state index in [1.807, 2.05) is 0 Å². The third kappa shape index (κ3) is 8.07. The van der Waals surface area contributed by atoms with Crippen molar-refractivity contribution >= 4 is 18.3 Å². The number of carbonyl (C=O) groups is 1. The molecule has 25 heavy (non-hydrogen) atoms. The van der Waals surface area contributed by atoms with Gasteiger partial charge < -0.3 is 15.8 Å². The summed E-state index contributed by atoms with van der Waals surface area (Å²) in [5, 5.41) is 2.85. The number of hydrogen-bond donors (Lipinski definition) is 2. The van der Waals surface area contributed by atoms with Gasteiger partial charge in [-0.25, -0.2) is 0 Å². The molecule has 0 spiro atoms. The van der Waals surface area contributed by atoms with Crippen LogP contribution in [0.1, 0.15) is 36.8 Å². The normalized spacial score (nSPS) is 20.2. The number of alkyl halides is 3. The van der Waals surface area contributed by atoms with Crippen molar-refractivity contribution in [1.82, 2.24) is 5.32 Å². The summed E-state index contributed by atoms with van der Waals surface area (Å²) in [6.07, 6.45) is -0.801. The largest absolute Gasteiger partial charge is 0.411 e. The maximum absolute atomic E-state index is 12.0. The molecular weight excluding hydrogens is 357 g/mol. The van der Waals surface area contributed by atoms with Crippen LogP contribution in [0.5, 0.6) is 0 Å². The summed E-state index contributed by atoms with van der Waals surface area (Å²) in [7, 11) is 0. The minimum Gasteiger partial charge on any atom is -0.367 e. The van der Waals surface area contributed by atoms with Crippen molar-refractivity contribution < 1.29 is 22.7 Å². The lowest BCUT2D eigenvalue weighted by Gasteiger charge is -2.14. The Bertz CT molecular complexity index is 538. The van der Waals surface area contributed by atoms with Gasteiger partial charge in [0.2, 0.25) is 5.91 Å². The van der Waals surface area contributed by atoms with Gasteiger partial charge in [-0.2, -0.15) is 13.2 Å². The molecule has 0 saturated heterocycles. The van der Waals surface area contributed by atoms with Crippen molar-refractivity contribution in [1.29, 1.82) is 0 Å². The molecule has 1 fully saturated rings. The zero-order valence-electron chi connectivity index (χ0n) is 13.8. The van der Waals surface area contributed by atoms with Gasteiger partial charge in [0.1, 0.15) is 6.61 Å². The quantitative estimate of drug-likeness (QED) is 0.762. The van der Waals surface area contributed by atoms with Gasteiger partial charge in [-0.1, -0.05) is 30.7 Å². The van der Waals surface area contributed by atoms with Gasteiger partial charge in [-0.15, -0.1) is 12.4 Å². The predicted octanol–water partition coefficient (Wildman–Crippen LogP) is 3.32. The summed E-state index contributed by atoms with van der Waals surface area (Å²) < 4.78 is 40.6. The lowest BCUT2D eigenvalue weighted by atomic mass is 10.00. The van der Waals surface area contributed by atoms with Crippen LogP contribution < -0.4 is 11.1 Å². The van der Waals surface area contributed by atoms with E-state index in [1.54, 1.807) is 24.3 Å². The Kier molecular flexibility index (Phi) is 8.68. The monoisotopic (exact) mass is 380 g/mol.